The molecule has 2 aliphatic heterocycles. The lowest BCUT2D eigenvalue weighted by Gasteiger charge is -2.31. The van der Waals surface area contributed by atoms with E-state index in [2.05, 4.69) is 22.6 Å². The first-order valence-electron chi connectivity index (χ1n) is 9.80. The number of ether oxygens (including phenoxy) is 3. The summed E-state index contributed by atoms with van der Waals surface area (Å²) in [6.45, 7) is 2.05. The van der Waals surface area contributed by atoms with Crippen LogP contribution in [0.25, 0.3) is 22.3 Å². The van der Waals surface area contributed by atoms with Crippen LogP contribution in [0.4, 0.5) is 0 Å². The summed E-state index contributed by atoms with van der Waals surface area (Å²) in [6.07, 6.45) is 0.113. The standard InChI is InChI=1S/C22H19IN2O6/c1-3-22(28)14-7-16-19-11(8-25(16)20(26)13(14)9-30-21(22)27)6-12-15(24-19)4-5-17(18(12)23)31-10-29-2/h4-7,28H,3,8-10H2,1-2H3/t22-/m0/s1. The van der Waals surface area contributed by atoms with Gasteiger partial charge in [0.25, 0.3) is 5.56 Å². The Morgan fingerprint density at radius 2 is 2.13 bits per heavy atom. The van der Waals surface area contributed by atoms with E-state index in [1.807, 2.05) is 18.2 Å². The molecule has 1 aromatic carbocycles. The van der Waals surface area contributed by atoms with Crippen molar-refractivity contribution in [1.29, 1.82) is 0 Å². The minimum Gasteiger partial charge on any atom is -0.466 e. The van der Waals surface area contributed by atoms with E-state index >= 15 is 0 Å². The molecule has 0 spiro atoms. The highest BCUT2D eigenvalue weighted by atomic mass is 127. The Balaban J connectivity index is 1.70. The van der Waals surface area contributed by atoms with Gasteiger partial charge in [0.05, 0.1) is 32.6 Å². The maximum absolute atomic E-state index is 13.2. The van der Waals surface area contributed by atoms with E-state index in [1.165, 1.54) is 0 Å². The number of nitrogens with zero attached hydrogens (tertiary/aromatic N) is 2. The van der Waals surface area contributed by atoms with Gasteiger partial charge in [-0.2, -0.15) is 0 Å². The zero-order valence-electron chi connectivity index (χ0n) is 16.9. The van der Waals surface area contributed by atoms with Gasteiger partial charge in [-0.05, 0) is 53.3 Å². The Kier molecular flexibility index (Phi) is 4.79. The highest BCUT2D eigenvalue weighted by molar-refractivity contribution is 14.1. The molecular formula is C22H19IN2O6. The number of esters is 1. The van der Waals surface area contributed by atoms with E-state index in [1.54, 1.807) is 24.7 Å². The minimum atomic E-state index is -1.83. The van der Waals surface area contributed by atoms with Crippen LogP contribution in [0.1, 0.15) is 30.0 Å². The Morgan fingerprint density at radius 1 is 1.32 bits per heavy atom. The summed E-state index contributed by atoms with van der Waals surface area (Å²) in [4.78, 5) is 30.3. The minimum absolute atomic E-state index is 0.113. The molecule has 1 atom stereocenters. The van der Waals surface area contributed by atoms with Crippen molar-refractivity contribution in [2.24, 2.45) is 0 Å². The first-order valence-corrected chi connectivity index (χ1v) is 10.9. The molecule has 0 bridgehead atoms. The van der Waals surface area contributed by atoms with Gasteiger partial charge in [0.15, 0.2) is 12.4 Å². The number of cyclic esters (lactones) is 1. The van der Waals surface area contributed by atoms with Crippen LogP contribution in [-0.4, -0.2) is 34.5 Å². The molecular weight excluding hydrogens is 515 g/mol. The number of methoxy groups -OCH3 is 1. The largest absolute Gasteiger partial charge is 0.466 e. The fourth-order valence-electron chi connectivity index (χ4n) is 4.23. The van der Waals surface area contributed by atoms with Gasteiger partial charge in [0.1, 0.15) is 12.4 Å². The SMILES string of the molecule is CC[C@@]1(O)C(=O)OCc2c1cc1n(c2=O)Cc2cc3c(I)c(OCOC)ccc3nc2-1. The van der Waals surface area contributed by atoms with Crippen LogP contribution in [0.15, 0.2) is 29.1 Å². The summed E-state index contributed by atoms with van der Waals surface area (Å²) in [5, 5.41) is 11.9. The van der Waals surface area contributed by atoms with E-state index in [0.29, 0.717) is 34.8 Å². The highest BCUT2D eigenvalue weighted by Gasteiger charge is 2.45. The molecule has 31 heavy (non-hydrogen) atoms. The lowest BCUT2D eigenvalue weighted by molar-refractivity contribution is -0.172. The van der Waals surface area contributed by atoms with Crippen LogP contribution < -0.4 is 10.3 Å². The predicted molar refractivity (Wildman–Crippen MR) is 120 cm³/mol. The number of fused-ring (bicyclic) bond motifs is 5. The number of hydrogen-bond donors (Lipinski definition) is 1. The number of halogens is 1. The molecule has 0 amide bonds. The van der Waals surface area contributed by atoms with Gasteiger partial charge in [-0.3, -0.25) is 4.79 Å². The van der Waals surface area contributed by atoms with Crippen molar-refractivity contribution in [3.8, 4) is 17.1 Å². The van der Waals surface area contributed by atoms with Crippen molar-refractivity contribution in [1.82, 2.24) is 9.55 Å². The van der Waals surface area contributed by atoms with Crippen LogP contribution in [-0.2, 0) is 33.0 Å². The van der Waals surface area contributed by atoms with E-state index < -0.39 is 11.6 Å². The van der Waals surface area contributed by atoms with E-state index in [0.717, 1.165) is 20.0 Å². The molecule has 9 heteroatoms. The van der Waals surface area contributed by atoms with E-state index in [4.69, 9.17) is 19.2 Å². The van der Waals surface area contributed by atoms with Crippen LogP contribution in [0.2, 0.25) is 0 Å². The number of hydrogen-bond acceptors (Lipinski definition) is 7. The maximum atomic E-state index is 13.2. The van der Waals surface area contributed by atoms with Crippen molar-refractivity contribution >= 4 is 39.5 Å². The second-order valence-corrected chi connectivity index (χ2v) is 8.67. The molecule has 0 aliphatic carbocycles. The van der Waals surface area contributed by atoms with Crippen molar-refractivity contribution in [3.05, 3.63) is 54.9 Å². The van der Waals surface area contributed by atoms with Crippen LogP contribution >= 0.6 is 22.6 Å². The summed E-state index contributed by atoms with van der Waals surface area (Å²) in [5.41, 5.74) is 1.45. The zero-order valence-corrected chi connectivity index (χ0v) is 19.1. The topological polar surface area (TPSA) is 99.9 Å². The van der Waals surface area contributed by atoms with Gasteiger partial charge in [0, 0.05) is 23.6 Å². The van der Waals surface area contributed by atoms with Crippen molar-refractivity contribution in [3.63, 3.8) is 0 Å². The number of benzene rings is 1. The van der Waals surface area contributed by atoms with Gasteiger partial charge in [0.2, 0.25) is 0 Å². The monoisotopic (exact) mass is 534 g/mol. The van der Waals surface area contributed by atoms with Gasteiger partial charge < -0.3 is 23.9 Å². The molecule has 4 heterocycles. The number of aliphatic hydroxyl groups is 1. The Bertz CT molecular complexity index is 1320. The first-order chi connectivity index (χ1) is 14.9. The van der Waals surface area contributed by atoms with Gasteiger partial charge in [-0.1, -0.05) is 6.92 Å². The van der Waals surface area contributed by atoms with Crippen LogP contribution in [0, 0.1) is 3.57 Å². The molecule has 8 nitrogen and oxygen atoms in total. The molecule has 3 aromatic rings. The number of rotatable bonds is 4. The van der Waals surface area contributed by atoms with Gasteiger partial charge in [-0.25, -0.2) is 9.78 Å². The van der Waals surface area contributed by atoms with Crippen molar-refractivity contribution in [2.45, 2.75) is 32.1 Å². The second-order valence-electron chi connectivity index (χ2n) is 7.59. The molecule has 0 saturated heterocycles. The molecule has 0 unspecified atom stereocenters. The molecule has 160 valence electrons. The molecule has 0 saturated carbocycles. The Hall–Kier alpha value is -2.50. The van der Waals surface area contributed by atoms with E-state index in [9.17, 15) is 14.7 Å². The number of carbonyl (C=O) groups is 1. The van der Waals surface area contributed by atoms with Gasteiger partial charge >= 0.3 is 5.97 Å². The number of carbonyl (C=O) groups excluding carboxylic acids is 1. The Morgan fingerprint density at radius 3 is 2.87 bits per heavy atom. The van der Waals surface area contributed by atoms with Crippen molar-refractivity contribution < 1.29 is 24.1 Å². The quantitative estimate of drug-likeness (QED) is 0.244. The first kappa shape index (κ1) is 20.4. The van der Waals surface area contributed by atoms with Crippen LogP contribution in [0.3, 0.4) is 0 Å². The summed E-state index contributed by atoms with van der Waals surface area (Å²) < 4.78 is 18.3. The summed E-state index contributed by atoms with van der Waals surface area (Å²) >= 11 is 2.22. The van der Waals surface area contributed by atoms with Crippen molar-refractivity contribution in [2.75, 3.05) is 13.9 Å². The highest BCUT2D eigenvalue weighted by Crippen LogP contribution is 2.39. The molecule has 1 N–H and O–H groups in total. The third-order valence-corrected chi connectivity index (χ3v) is 7.04. The summed E-state index contributed by atoms with van der Waals surface area (Å²) in [5.74, 6) is -0.0294. The van der Waals surface area contributed by atoms with Gasteiger partial charge in [-0.15, -0.1) is 0 Å². The normalized spacial score (nSPS) is 19.0. The van der Waals surface area contributed by atoms with E-state index in [-0.39, 0.29) is 25.4 Å². The lowest BCUT2D eigenvalue weighted by atomic mass is 9.86. The lowest BCUT2D eigenvalue weighted by Crippen LogP contribution is -2.44. The fraction of sp³-hybridized carbons (Fsp3) is 0.318. The number of aromatic nitrogens is 2. The smallest absolute Gasteiger partial charge is 0.343 e. The average Bonchev–Trinajstić information content (AvgIpc) is 3.13. The molecule has 0 radical (unpaired) electrons. The Labute approximate surface area is 190 Å². The summed E-state index contributed by atoms with van der Waals surface area (Å²) in [7, 11) is 1.56. The van der Waals surface area contributed by atoms with Crippen LogP contribution in [0.5, 0.6) is 5.75 Å². The molecule has 2 aromatic heterocycles. The maximum Gasteiger partial charge on any atom is 0.343 e. The average molecular weight is 534 g/mol. The fourth-order valence-corrected chi connectivity index (χ4v) is 5.00. The molecule has 2 aliphatic rings. The number of pyridine rings is 2. The zero-order chi connectivity index (χ0) is 21.9. The molecule has 0 fully saturated rings. The summed E-state index contributed by atoms with van der Waals surface area (Å²) in [6, 6.07) is 7.43. The molecule has 5 rings (SSSR count). The third kappa shape index (κ3) is 2.90. The third-order valence-electron chi connectivity index (χ3n) is 5.92. The predicted octanol–water partition coefficient (Wildman–Crippen LogP) is 2.67. The second kappa shape index (κ2) is 7.28.